The summed E-state index contributed by atoms with van der Waals surface area (Å²) < 4.78 is 11.4. The van der Waals surface area contributed by atoms with Gasteiger partial charge in [-0.1, -0.05) is 30.3 Å². The molecular formula is C23H25N3O3. The minimum atomic E-state index is -0.347. The molecule has 2 aromatic carbocycles. The number of aromatic nitrogens is 1. The molecule has 1 aliphatic rings. The Hall–Kier alpha value is -3.28. The zero-order chi connectivity index (χ0) is 20.2. The Balaban J connectivity index is 1.45. The van der Waals surface area contributed by atoms with Crippen molar-refractivity contribution < 1.29 is 14.3 Å². The van der Waals surface area contributed by atoms with E-state index in [1.165, 1.54) is 0 Å². The number of amidine groups is 1. The molecule has 0 bridgehead atoms. The van der Waals surface area contributed by atoms with Crippen molar-refractivity contribution in [3.8, 4) is 5.75 Å². The number of nitrogens with one attached hydrogen (secondary N) is 2. The molecule has 2 heterocycles. The number of carbonyl (C=O) groups is 1. The molecule has 4 rings (SSSR count). The van der Waals surface area contributed by atoms with Gasteiger partial charge in [-0.2, -0.15) is 0 Å². The van der Waals surface area contributed by atoms with E-state index in [-0.39, 0.29) is 12.6 Å². The second-order valence-corrected chi connectivity index (χ2v) is 7.28. The van der Waals surface area contributed by atoms with Gasteiger partial charge in [0, 0.05) is 29.6 Å². The molecule has 6 heteroatoms. The number of benzene rings is 2. The number of H-pyrrole nitrogens is 1. The number of esters is 1. The van der Waals surface area contributed by atoms with Gasteiger partial charge in [-0.05, 0) is 37.1 Å². The standard InChI is InChI=1S/C23H25N3O3/c1-16-22(23(27)29-15-17-6-3-2-4-7-17)19-14-18(9-10-20(19)25-16)28-13-12-26-11-5-8-21(26)24/h2-4,6-7,9-10,14,24-25H,5,8,11-13,15H2,1H3. The predicted molar refractivity (Wildman–Crippen MR) is 113 cm³/mol. The summed E-state index contributed by atoms with van der Waals surface area (Å²) in [5.74, 6) is 1.05. The lowest BCUT2D eigenvalue weighted by Crippen LogP contribution is -2.28. The Morgan fingerprint density at radius 1 is 1.21 bits per heavy atom. The molecule has 1 fully saturated rings. The Kier molecular flexibility index (Phi) is 5.51. The van der Waals surface area contributed by atoms with Gasteiger partial charge in [0.15, 0.2) is 0 Å². The quantitative estimate of drug-likeness (QED) is 0.589. The van der Waals surface area contributed by atoms with Gasteiger partial charge in [-0.3, -0.25) is 5.41 Å². The minimum Gasteiger partial charge on any atom is -0.492 e. The van der Waals surface area contributed by atoms with E-state index in [0.29, 0.717) is 30.3 Å². The highest BCUT2D eigenvalue weighted by Gasteiger charge is 2.19. The van der Waals surface area contributed by atoms with Crippen LogP contribution >= 0.6 is 0 Å². The Labute approximate surface area is 169 Å². The molecule has 0 aliphatic carbocycles. The maximum Gasteiger partial charge on any atom is 0.340 e. The van der Waals surface area contributed by atoms with Gasteiger partial charge < -0.3 is 19.4 Å². The van der Waals surface area contributed by atoms with Gasteiger partial charge in [0.05, 0.1) is 17.9 Å². The van der Waals surface area contributed by atoms with Crippen molar-refractivity contribution in [2.45, 2.75) is 26.4 Å². The highest BCUT2D eigenvalue weighted by Crippen LogP contribution is 2.27. The van der Waals surface area contributed by atoms with Crippen molar-refractivity contribution in [1.82, 2.24) is 9.88 Å². The molecule has 6 nitrogen and oxygen atoms in total. The van der Waals surface area contributed by atoms with E-state index in [1.54, 1.807) is 0 Å². The van der Waals surface area contributed by atoms with Crippen LogP contribution in [0.1, 0.15) is 34.5 Å². The summed E-state index contributed by atoms with van der Waals surface area (Å²) in [4.78, 5) is 18.0. The van der Waals surface area contributed by atoms with Gasteiger partial charge in [-0.15, -0.1) is 0 Å². The monoisotopic (exact) mass is 391 g/mol. The third kappa shape index (κ3) is 4.26. The summed E-state index contributed by atoms with van der Waals surface area (Å²) in [5, 5.41) is 8.69. The van der Waals surface area contributed by atoms with Crippen LogP contribution in [-0.4, -0.2) is 41.4 Å². The van der Waals surface area contributed by atoms with Gasteiger partial charge in [-0.25, -0.2) is 4.79 Å². The zero-order valence-corrected chi connectivity index (χ0v) is 16.5. The maximum atomic E-state index is 12.7. The van der Waals surface area contributed by atoms with E-state index in [1.807, 2.05) is 60.4 Å². The minimum absolute atomic E-state index is 0.240. The van der Waals surface area contributed by atoms with Crippen LogP contribution in [0.4, 0.5) is 0 Å². The molecule has 150 valence electrons. The van der Waals surface area contributed by atoms with E-state index in [2.05, 4.69) is 4.98 Å². The van der Waals surface area contributed by atoms with Crippen molar-refractivity contribution in [3.05, 3.63) is 65.4 Å². The van der Waals surface area contributed by atoms with Gasteiger partial charge in [0.1, 0.15) is 19.0 Å². The molecule has 0 saturated carbocycles. The van der Waals surface area contributed by atoms with Crippen LogP contribution in [0, 0.1) is 12.3 Å². The summed E-state index contributed by atoms with van der Waals surface area (Å²) in [6, 6.07) is 15.3. The Morgan fingerprint density at radius 3 is 2.79 bits per heavy atom. The molecule has 0 radical (unpaired) electrons. The third-order valence-electron chi connectivity index (χ3n) is 5.23. The first-order valence-electron chi connectivity index (χ1n) is 9.90. The van der Waals surface area contributed by atoms with E-state index >= 15 is 0 Å². The van der Waals surface area contributed by atoms with Crippen LogP contribution in [0.3, 0.4) is 0 Å². The summed E-state index contributed by atoms with van der Waals surface area (Å²) in [7, 11) is 0. The number of aryl methyl sites for hydroxylation is 1. The smallest absolute Gasteiger partial charge is 0.340 e. The lowest BCUT2D eigenvalue weighted by Gasteiger charge is -2.17. The summed E-state index contributed by atoms with van der Waals surface area (Å²) in [6.07, 6.45) is 1.89. The lowest BCUT2D eigenvalue weighted by atomic mass is 10.1. The maximum absolute atomic E-state index is 12.7. The molecule has 2 N–H and O–H groups in total. The molecule has 1 aliphatic heterocycles. The first-order valence-corrected chi connectivity index (χ1v) is 9.90. The van der Waals surface area contributed by atoms with Crippen molar-refractivity contribution in [3.63, 3.8) is 0 Å². The van der Waals surface area contributed by atoms with E-state index in [4.69, 9.17) is 14.9 Å². The second kappa shape index (κ2) is 8.39. The largest absolute Gasteiger partial charge is 0.492 e. The van der Waals surface area contributed by atoms with Crippen LogP contribution in [0.2, 0.25) is 0 Å². The highest BCUT2D eigenvalue weighted by atomic mass is 16.5. The first kappa shape index (κ1) is 19.1. The summed E-state index contributed by atoms with van der Waals surface area (Å²) >= 11 is 0. The van der Waals surface area contributed by atoms with Crippen LogP contribution < -0.4 is 4.74 Å². The fourth-order valence-corrected chi connectivity index (χ4v) is 3.70. The van der Waals surface area contributed by atoms with Crippen molar-refractivity contribution >= 4 is 22.7 Å². The van der Waals surface area contributed by atoms with Crippen LogP contribution in [0.25, 0.3) is 10.9 Å². The van der Waals surface area contributed by atoms with Gasteiger partial charge in [0.25, 0.3) is 0 Å². The van der Waals surface area contributed by atoms with E-state index < -0.39 is 0 Å². The van der Waals surface area contributed by atoms with Crippen LogP contribution in [-0.2, 0) is 11.3 Å². The van der Waals surface area contributed by atoms with Crippen LogP contribution in [0.15, 0.2) is 48.5 Å². The lowest BCUT2D eigenvalue weighted by molar-refractivity contribution is 0.0474. The number of hydrogen-bond acceptors (Lipinski definition) is 4. The van der Waals surface area contributed by atoms with E-state index in [0.717, 1.165) is 41.5 Å². The van der Waals surface area contributed by atoms with E-state index in [9.17, 15) is 4.79 Å². The number of hydrogen-bond donors (Lipinski definition) is 2. The fourth-order valence-electron chi connectivity index (χ4n) is 3.70. The van der Waals surface area contributed by atoms with Gasteiger partial charge in [0.2, 0.25) is 0 Å². The average Bonchev–Trinajstić information content (AvgIpc) is 3.28. The normalized spacial score (nSPS) is 13.8. The number of likely N-dealkylation sites (tertiary alicyclic amines) is 1. The second-order valence-electron chi connectivity index (χ2n) is 7.28. The highest BCUT2D eigenvalue weighted by molar-refractivity contribution is 6.05. The number of aromatic amines is 1. The fraction of sp³-hybridized carbons (Fsp3) is 0.304. The average molecular weight is 391 g/mol. The molecule has 1 saturated heterocycles. The molecular weight excluding hydrogens is 366 g/mol. The molecule has 3 aromatic rings. The number of fused-ring (bicyclic) bond motifs is 1. The summed E-state index contributed by atoms with van der Waals surface area (Å²) in [6.45, 7) is 4.25. The van der Waals surface area contributed by atoms with Crippen LogP contribution in [0.5, 0.6) is 5.75 Å². The molecule has 0 unspecified atom stereocenters. The third-order valence-corrected chi connectivity index (χ3v) is 5.23. The molecule has 1 aromatic heterocycles. The number of carbonyl (C=O) groups excluding carboxylic acids is 1. The van der Waals surface area contributed by atoms with Crippen molar-refractivity contribution in [2.75, 3.05) is 19.7 Å². The first-order chi connectivity index (χ1) is 14.1. The Morgan fingerprint density at radius 2 is 2.03 bits per heavy atom. The molecule has 29 heavy (non-hydrogen) atoms. The number of nitrogens with zero attached hydrogens (tertiary/aromatic N) is 1. The predicted octanol–water partition coefficient (Wildman–Crippen LogP) is 4.29. The molecule has 0 spiro atoms. The number of rotatable bonds is 7. The molecule has 0 atom stereocenters. The summed E-state index contributed by atoms with van der Waals surface area (Å²) in [5.41, 5.74) is 3.15. The van der Waals surface area contributed by atoms with Crippen molar-refractivity contribution in [2.24, 2.45) is 0 Å². The molecule has 0 amide bonds. The van der Waals surface area contributed by atoms with Crippen molar-refractivity contribution in [1.29, 1.82) is 5.41 Å². The Bertz CT molecular complexity index is 1030. The number of ether oxygens (including phenoxy) is 2. The van der Waals surface area contributed by atoms with Gasteiger partial charge >= 0.3 is 5.97 Å². The zero-order valence-electron chi connectivity index (χ0n) is 16.5. The SMILES string of the molecule is Cc1[nH]c2ccc(OCCN3CCCC3=N)cc2c1C(=O)OCc1ccccc1. The topological polar surface area (TPSA) is 78.4 Å².